The molecule has 0 bridgehead atoms. The summed E-state index contributed by atoms with van der Waals surface area (Å²) in [7, 11) is 0. The molecule has 2 aromatic rings. The van der Waals surface area contributed by atoms with Gasteiger partial charge in [-0.15, -0.1) is 11.3 Å². The standard InChI is InChI=1S/C26H36S/c1-3-5-6-8-25-19-20-26(27-25)18-13-22-11-16-24(17-12-22)23-14-9-21(7-4-2)10-15-23/h11-13,16-21,23H,3-10,14-15H2,1-2H3/b18-13+/t21-,23-. The molecule has 0 atom stereocenters. The Hall–Kier alpha value is -1.34. The van der Waals surface area contributed by atoms with E-state index in [1.807, 2.05) is 11.3 Å². The molecule has 1 heterocycles. The van der Waals surface area contributed by atoms with Crippen molar-refractivity contribution in [3.05, 3.63) is 57.3 Å². The van der Waals surface area contributed by atoms with Crippen LogP contribution in [-0.2, 0) is 6.42 Å². The zero-order valence-electron chi connectivity index (χ0n) is 17.3. The van der Waals surface area contributed by atoms with Crippen molar-refractivity contribution in [1.29, 1.82) is 0 Å². The quantitative estimate of drug-likeness (QED) is 0.381. The highest BCUT2D eigenvalue weighted by Gasteiger charge is 2.21. The number of rotatable bonds is 9. The minimum atomic E-state index is 0.791. The molecule has 1 aromatic carbocycles. The number of aryl methyl sites for hydroxylation is 1. The van der Waals surface area contributed by atoms with Crippen molar-refractivity contribution in [2.24, 2.45) is 5.92 Å². The van der Waals surface area contributed by atoms with E-state index in [0.29, 0.717) is 0 Å². The summed E-state index contributed by atoms with van der Waals surface area (Å²) >= 11 is 1.95. The lowest BCUT2D eigenvalue weighted by atomic mass is 9.77. The fourth-order valence-corrected chi connectivity index (χ4v) is 5.38. The second-order valence-electron chi connectivity index (χ2n) is 8.27. The Bertz CT molecular complexity index is 683. The van der Waals surface area contributed by atoms with Gasteiger partial charge in [0.2, 0.25) is 0 Å². The molecule has 1 heteroatoms. The van der Waals surface area contributed by atoms with E-state index in [1.54, 1.807) is 5.56 Å². The summed E-state index contributed by atoms with van der Waals surface area (Å²) in [4.78, 5) is 2.90. The third kappa shape index (κ3) is 6.35. The van der Waals surface area contributed by atoms with Crippen LogP contribution in [0.15, 0.2) is 36.4 Å². The molecule has 0 radical (unpaired) electrons. The summed E-state index contributed by atoms with van der Waals surface area (Å²) in [5.41, 5.74) is 2.87. The summed E-state index contributed by atoms with van der Waals surface area (Å²) in [5, 5.41) is 0. The van der Waals surface area contributed by atoms with Crippen molar-refractivity contribution >= 4 is 23.5 Å². The molecule has 0 aliphatic heterocycles. The van der Waals surface area contributed by atoms with Crippen LogP contribution in [0.2, 0.25) is 0 Å². The fraction of sp³-hybridized carbons (Fsp3) is 0.538. The molecular formula is C26H36S. The topological polar surface area (TPSA) is 0 Å². The van der Waals surface area contributed by atoms with E-state index < -0.39 is 0 Å². The van der Waals surface area contributed by atoms with Gasteiger partial charge in [0, 0.05) is 9.75 Å². The van der Waals surface area contributed by atoms with Gasteiger partial charge in [-0.1, -0.05) is 69.9 Å². The van der Waals surface area contributed by atoms with E-state index in [-0.39, 0.29) is 0 Å². The van der Waals surface area contributed by atoms with Gasteiger partial charge in [0.05, 0.1) is 0 Å². The van der Waals surface area contributed by atoms with Gasteiger partial charge in [-0.3, -0.25) is 0 Å². The minimum absolute atomic E-state index is 0.791. The average molecular weight is 381 g/mol. The first-order valence-electron chi connectivity index (χ1n) is 11.1. The van der Waals surface area contributed by atoms with Crippen molar-refractivity contribution in [1.82, 2.24) is 0 Å². The zero-order valence-corrected chi connectivity index (χ0v) is 18.1. The molecule has 0 unspecified atom stereocenters. The number of thiophene rings is 1. The number of unbranched alkanes of at least 4 members (excludes halogenated alkanes) is 2. The van der Waals surface area contributed by atoms with Gasteiger partial charge in [-0.05, 0) is 79.7 Å². The number of benzene rings is 1. The highest BCUT2D eigenvalue weighted by molar-refractivity contribution is 7.12. The molecule has 1 aliphatic carbocycles. The van der Waals surface area contributed by atoms with Gasteiger partial charge in [-0.2, -0.15) is 0 Å². The van der Waals surface area contributed by atoms with Crippen LogP contribution in [0.3, 0.4) is 0 Å². The maximum absolute atomic E-state index is 2.37. The molecule has 1 saturated carbocycles. The molecule has 1 aliphatic rings. The van der Waals surface area contributed by atoms with Gasteiger partial charge >= 0.3 is 0 Å². The maximum atomic E-state index is 2.37. The molecule has 0 N–H and O–H groups in total. The molecule has 1 aromatic heterocycles. The molecule has 0 spiro atoms. The normalized spacial score (nSPS) is 20.4. The van der Waals surface area contributed by atoms with E-state index in [4.69, 9.17) is 0 Å². The summed E-state index contributed by atoms with van der Waals surface area (Å²) in [5.74, 6) is 1.78. The summed E-state index contributed by atoms with van der Waals surface area (Å²) in [6.07, 6.45) is 18.2. The van der Waals surface area contributed by atoms with E-state index in [0.717, 1.165) is 11.8 Å². The molecule has 0 amide bonds. The van der Waals surface area contributed by atoms with Crippen LogP contribution in [0, 0.1) is 5.92 Å². The highest BCUT2D eigenvalue weighted by Crippen LogP contribution is 2.37. The molecular weight excluding hydrogens is 344 g/mol. The van der Waals surface area contributed by atoms with E-state index in [9.17, 15) is 0 Å². The Balaban J connectivity index is 1.51. The second-order valence-corrected chi connectivity index (χ2v) is 9.47. The van der Waals surface area contributed by atoms with Crippen LogP contribution in [0.1, 0.15) is 98.4 Å². The average Bonchev–Trinajstić information content (AvgIpc) is 3.16. The largest absolute Gasteiger partial charge is 0.141 e. The van der Waals surface area contributed by atoms with Crippen LogP contribution >= 0.6 is 11.3 Å². The lowest BCUT2D eigenvalue weighted by Gasteiger charge is -2.28. The maximum Gasteiger partial charge on any atom is 0.0273 e. The highest BCUT2D eigenvalue weighted by atomic mass is 32.1. The Kier molecular flexibility index (Phi) is 8.20. The van der Waals surface area contributed by atoms with Crippen LogP contribution in [0.25, 0.3) is 12.2 Å². The monoisotopic (exact) mass is 380 g/mol. The third-order valence-corrected chi connectivity index (χ3v) is 7.21. The second kappa shape index (κ2) is 10.9. The van der Waals surface area contributed by atoms with Crippen molar-refractivity contribution < 1.29 is 0 Å². The van der Waals surface area contributed by atoms with Crippen molar-refractivity contribution in [2.75, 3.05) is 0 Å². The molecule has 146 valence electrons. The van der Waals surface area contributed by atoms with Gasteiger partial charge < -0.3 is 0 Å². The Morgan fingerprint density at radius 3 is 2.33 bits per heavy atom. The first-order valence-corrected chi connectivity index (χ1v) is 12.0. The first-order chi connectivity index (χ1) is 13.3. The lowest BCUT2D eigenvalue weighted by Crippen LogP contribution is -2.13. The van der Waals surface area contributed by atoms with Crippen LogP contribution in [-0.4, -0.2) is 0 Å². The van der Waals surface area contributed by atoms with Crippen molar-refractivity contribution in [3.63, 3.8) is 0 Å². The van der Waals surface area contributed by atoms with E-state index >= 15 is 0 Å². The van der Waals surface area contributed by atoms with Gasteiger partial charge in [0.1, 0.15) is 0 Å². The predicted octanol–water partition coefficient (Wildman–Crippen LogP) is 8.73. The summed E-state index contributed by atoms with van der Waals surface area (Å²) in [6, 6.07) is 13.9. The molecule has 0 nitrogen and oxygen atoms in total. The fourth-order valence-electron chi connectivity index (χ4n) is 4.42. The first kappa shape index (κ1) is 20.4. The van der Waals surface area contributed by atoms with Gasteiger partial charge in [-0.25, -0.2) is 0 Å². The molecule has 1 fully saturated rings. The Morgan fingerprint density at radius 1 is 0.852 bits per heavy atom. The lowest BCUT2D eigenvalue weighted by molar-refractivity contribution is 0.308. The van der Waals surface area contributed by atoms with E-state index in [2.05, 4.69) is 62.4 Å². The van der Waals surface area contributed by atoms with Crippen LogP contribution in [0.4, 0.5) is 0 Å². The Morgan fingerprint density at radius 2 is 1.63 bits per heavy atom. The number of hydrogen-bond donors (Lipinski definition) is 0. The minimum Gasteiger partial charge on any atom is -0.141 e. The van der Waals surface area contributed by atoms with Crippen LogP contribution < -0.4 is 0 Å². The van der Waals surface area contributed by atoms with E-state index in [1.165, 1.54) is 79.5 Å². The summed E-state index contributed by atoms with van der Waals surface area (Å²) < 4.78 is 0. The molecule has 27 heavy (non-hydrogen) atoms. The van der Waals surface area contributed by atoms with Crippen molar-refractivity contribution in [2.45, 2.75) is 84.0 Å². The smallest absolute Gasteiger partial charge is 0.0273 e. The third-order valence-electron chi connectivity index (χ3n) is 6.10. The predicted molar refractivity (Wildman–Crippen MR) is 123 cm³/mol. The molecule has 0 saturated heterocycles. The SMILES string of the molecule is CCCCCc1ccc(/C=C/c2ccc([C@H]3CC[C@H](CCC)CC3)cc2)s1. The summed E-state index contributed by atoms with van der Waals surface area (Å²) in [6.45, 7) is 4.59. The molecule has 3 rings (SSSR count). The van der Waals surface area contributed by atoms with Gasteiger partial charge in [0.15, 0.2) is 0 Å². The zero-order chi connectivity index (χ0) is 18.9. The number of hydrogen-bond acceptors (Lipinski definition) is 1. The Labute approximate surface area is 170 Å². The van der Waals surface area contributed by atoms with Gasteiger partial charge in [0.25, 0.3) is 0 Å². The van der Waals surface area contributed by atoms with Crippen molar-refractivity contribution in [3.8, 4) is 0 Å². The van der Waals surface area contributed by atoms with Crippen LogP contribution in [0.5, 0.6) is 0 Å².